The maximum Gasteiger partial charge on any atom is 0.244 e. The van der Waals surface area contributed by atoms with Crippen LogP contribution in [0.25, 0.3) is 4.85 Å². The van der Waals surface area contributed by atoms with E-state index in [9.17, 15) is 14.9 Å². The van der Waals surface area contributed by atoms with Gasteiger partial charge in [0.2, 0.25) is 11.8 Å². The van der Waals surface area contributed by atoms with Crippen LogP contribution < -0.4 is 10.6 Å². The molecule has 2 amide bonds. The Morgan fingerprint density at radius 2 is 2.07 bits per heavy atom. The number of hydrogen-bond donors (Lipinski definition) is 1. The second-order valence-corrected chi connectivity index (χ2v) is 8.49. The van der Waals surface area contributed by atoms with E-state index in [2.05, 4.69) is 10.9 Å². The Hall–Kier alpha value is -2.94. The lowest BCUT2D eigenvalue weighted by atomic mass is 10.1. The minimum Gasteiger partial charge on any atom is -0.322 e. The standard InChI is InChI=1S/C21H22N6O2/c1-24-13-2-4-14(5-3-13)26-16-8-19(21(26)29)25(10-16)11-17(23)20(28)27-15(9-22)6-12-7-18(12)27/h2-5,12,15-19H,6-8,10-11,23H2/t12-,15+,16?,17+,18+,19-/m1/s1. The number of piperazine rings is 1. The van der Waals surface area contributed by atoms with Crippen LogP contribution in [0.2, 0.25) is 0 Å². The average molecular weight is 390 g/mol. The van der Waals surface area contributed by atoms with E-state index in [0.717, 1.165) is 24.9 Å². The number of rotatable bonds is 4. The summed E-state index contributed by atoms with van der Waals surface area (Å²) in [6, 6.07) is 8.20. The number of piperidine rings is 1. The van der Waals surface area contributed by atoms with Gasteiger partial charge in [0.1, 0.15) is 6.04 Å². The van der Waals surface area contributed by atoms with E-state index in [1.54, 1.807) is 17.0 Å². The van der Waals surface area contributed by atoms with Gasteiger partial charge in [-0.1, -0.05) is 12.1 Å². The van der Waals surface area contributed by atoms with Crippen LogP contribution in [0.3, 0.4) is 0 Å². The Labute approximate surface area is 169 Å². The molecule has 8 nitrogen and oxygen atoms in total. The van der Waals surface area contributed by atoms with Crippen molar-refractivity contribution in [3.63, 3.8) is 0 Å². The lowest BCUT2D eigenvalue weighted by Gasteiger charge is -2.35. The van der Waals surface area contributed by atoms with Gasteiger partial charge < -0.3 is 15.5 Å². The molecule has 5 rings (SSSR count). The van der Waals surface area contributed by atoms with Gasteiger partial charge in [-0.2, -0.15) is 5.26 Å². The first-order chi connectivity index (χ1) is 14.0. The highest BCUT2D eigenvalue weighted by Crippen LogP contribution is 2.47. The second kappa shape index (κ2) is 6.55. The smallest absolute Gasteiger partial charge is 0.244 e. The highest BCUT2D eigenvalue weighted by molar-refractivity contribution is 6.01. The van der Waals surface area contributed by atoms with Crippen LogP contribution in [-0.4, -0.2) is 64.9 Å². The number of nitriles is 1. The number of anilines is 1. The summed E-state index contributed by atoms with van der Waals surface area (Å²) in [6.45, 7) is 8.06. The summed E-state index contributed by atoms with van der Waals surface area (Å²) in [5, 5.41) is 9.32. The maximum absolute atomic E-state index is 12.9. The Bertz CT molecular complexity index is 947. The molecule has 1 aliphatic carbocycles. The normalized spacial score (nSPS) is 33.3. The fourth-order valence-electron chi connectivity index (χ4n) is 5.30. The van der Waals surface area contributed by atoms with Crippen LogP contribution in [0.4, 0.5) is 11.4 Å². The molecule has 4 aliphatic rings. The number of hydrogen-bond acceptors (Lipinski definition) is 5. The minimum atomic E-state index is -0.719. The number of carbonyl (C=O) groups excluding carboxylic acids is 2. The fraction of sp³-hybridized carbons (Fsp3) is 0.524. The zero-order chi connectivity index (χ0) is 20.3. The summed E-state index contributed by atoms with van der Waals surface area (Å²) >= 11 is 0. The monoisotopic (exact) mass is 390 g/mol. The maximum atomic E-state index is 12.9. The van der Waals surface area contributed by atoms with E-state index in [0.29, 0.717) is 24.7 Å². The Morgan fingerprint density at radius 1 is 1.31 bits per heavy atom. The predicted molar refractivity (Wildman–Crippen MR) is 105 cm³/mol. The largest absolute Gasteiger partial charge is 0.322 e. The van der Waals surface area contributed by atoms with Crippen LogP contribution in [0.5, 0.6) is 0 Å². The zero-order valence-corrected chi connectivity index (χ0v) is 15.9. The molecule has 1 aromatic rings. The van der Waals surface area contributed by atoms with Crippen LogP contribution in [0.15, 0.2) is 24.3 Å². The third-order valence-corrected chi connectivity index (χ3v) is 6.78. The first-order valence-electron chi connectivity index (χ1n) is 10.0. The molecule has 29 heavy (non-hydrogen) atoms. The summed E-state index contributed by atoms with van der Waals surface area (Å²) in [7, 11) is 0. The quantitative estimate of drug-likeness (QED) is 0.769. The lowest BCUT2D eigenvalue weighted by molar-refractivity contribution is -0.135. The molecule has 8 heteroatoms. The summed E-state index contributed by atoms with van der Waals surface area (Å²) in [5.74, 6) is 0.320. The van der Waals surface area contributed by atoms with Gasteiger partial charge in [0.25, 0.3) is 0 Å². The number of likely N-dealkylation sites (tertiary alicyclic amines) is 2. The van der Waals surface area contributed by atoms with E-state index < -0.39 is 6.04 Å². The molecule has 2 bridgehead atoms. The summed E-state index contributed by atoms with van der Waals surface area (Å²) in [5.41, 5.74) is 7.59. The van der Waals surface area contributed by atoms with Crippen molar-refractivity contribution in [1.29, 1.82) is 5.26 Å². The van der Waals surface area contributed by atoms with Crippen LogP contribution >= 0.6 is 0 Å². The van der Waals surface area contributed by atoms with Gasteiger partial charge in [-0.25, -0.2) is 4.85 Å². The van der Waals surface area contributed by atoms with Crippen molar-refractivity contribution in [2.24, 2.45) is 11.7 Å². The number of nitrogens with two attached hydrogens (primary N) is 1. The molecule has 0 spiro atoms. The number of nitrogens with zero attached hydrogens (tertiary/aromatic N) is 5. The van der Waals surface area contributed by atoms with Crippen molar-refractivity contribution < 1.29 is 9.59 Å². The predicted octanol–water partition coefficient (Wildman–Crippen LogP) is 0.867. The van der Waals surface area contributed by atoms with Gasteiger partial charge in [-0.15, -0.1) is 0 Å². The van der Waals surface area contributed by atoms with E-state index in [1.807, 2.05) is 21.9 Å². The van der Waals surface area contributed by atoms with Crippen molar-refractivity contribution in [3.05, 3.63) is 35.7 Å². The van der Waals surface area contributed by atoms with E-state index in [4.69, 9.17) is 12.3 Å². The molecule has 2 N–H and O–H groups in total. The lowest BCUT2D eigenvalue weighted by Crippen LogP contribution is -2.57. The molecule has 1 saturated carbocycles. The van der Waals surface area contributed by atoms with E-state index >= 15 is 0 Å². The zero-order valence-electron chi connectivity index (χ0n) is 15.9. The van der Waals surface area contributed by atoms with E-state index in [-0.39, 0.29) is 36.0 Å². The highest BCUT2D eigenvalue weighted by Gasteiger charge is 2.55. The molecule has 3 heterocycles. The number of carbonyl (C=O) groups is 2. The molecule has 3 saturated heterocycles. The van der Waals surface area contributed by atoms with Gasteiger partial charge in [-0.05, 0) is 37.3 Å². The third-order valence-electron chi connectivity index (χ3n) is 6.78. The summed E-state index contributed by atoms with van der Waals surface area (Å²) in [6.07, 6.45) is 2.46. The first kappa shape index (κ1) is 18.1. The van der Waals surface area contributed by atoms with Crippen molar-refractivity contribution in [2.75, 3.05) is 18.0 Å². The van der Waals surface area contributed by atoms with Crippen LogP contribution in [0.1, 0.15) is 19.3 Å². The Kier molecular flexibility index (Phi) is 4.09. The average Bonchev–Trinajstić information content (AvgIpc) is 3.07. The van der Waals surface area contributed by atoms with Crippen molar-refractivity contribution in [1.82, 2.24) is 9.80 Å². The highest BCUT2D eigenvalue weighted by atomic mass is 16.2. The van der Waals surface area contributed by atoms with Crippen molar-refractivity contribution >= 4 is 23.2 Å². The molecular weight excluding hydrogens is 368 g/mol. The molecule has 0 aromatic heterocycles. The molecule has 4 fully saturated rings. The van der Waals surface area contributed by atoms with Crippen molar-refractivity contribution in [2.45, 2.75) is 49.5 Å². The fourth-order valence-corrected chi connectivity index (χ4v) is 5.30. The minimum absolute atomic E-state index is 0.0230. The number of fused-ring (bicyclic) bond motifs is 3. The van der Waals surface area contributed by atoms with Gasteiger partial charge in [-0.3, -0.25) is 14.5 Å². The van der Waals surface area contributed by atoms with Crippen molar-refractivity contribution in [3.8, 4) is 6.07 Å². The van der Waals surface area contributed by atoms with Crippen LogP contribution in [0, 0.1) is 23.8 Å². The third kappa shape index (κ3) is 2.79. The van der Waals surface area contributed by atoms with Gasteiger partial charge in [0.05, 0.1) is 30.8 Å². The molecule has 148 valence electrons. The van der Waals surface area contributed by atoms with Gasteiger partial charge in [0.15, 0.2) is 5.69 Å². The Balaban J connectivity index is 1.24. The molecule has 0 radical (unpaired) electrons. The van der Waals surface area contributed by atoms with E-state index in [1.165, 1.54) is 0 Å². The molecular formula is C21H22N6O2. The first-order valence-corrected chi connectivity index (χ1v) is 10.0. The second-order valence-electron chi connectivity index (χ2n) is 8.49. The molecule has 1 aromatic carbocycles. The molecule has 1 unspecified atom stereocenters. The number of amides is 2. The van der Waals surface area contributed by atoms with Crippen LogP contribution in [-0.2, 0) is 9.59 Å². The topological polar surface area (TPSA) is 98.0 Å². The van der Waals surface area contributed by atoms with Gasteiger partial charge >= 0.3 is 0 Å². The molecule has 6 atom stereocenters. The number of benzene rings is 1. The Morgan fingerprint density at radius 3 is 2.72 bits per heavy atom. The summed E-state index contributed by atoms with van der Waals surface area (Å²) < 4.78 is 0. The molecule has 3 aliphatic heterocycles. The summed E-state index contributed by atoms with van der Waals surface area (Å²) in [4.78, 5) is 34.7. The SMILES string of the molecule is [C-]#[N+]c1ccc(N2C(=O)[C@H]3CC2CN3C[C@H](N)C(=O)N2[C@H](C#N)C[C@@H]3C[C@@H]32)cc1. The van der Waals surface area contributed by atoms with Gasteiger partial charge in [0, 0.05) is 24.8 Å².